The first-order valence-electron chi connectivity index (χ1n) is 3.39. The fourth-order valence-corrected chi connectivity index (χ4v) is 1.32. The Morgan fingerprint density at radius 1 is 1.55 bits per heavy atom. The van der Waals surface area contributed by atoms with Gasteiger partial charge in [0.25, 0.3) is 0 Å². The quantitative estimate of drug-likeness (QED) is 0.592. The van der Waals surface area contributed by atoms with E-state index in [0.29, 0.717) is 0 Å². The lowest BCUT2D eigenvalue weighted by Crippen LogP contribution is -1.93. The van der Waals surface area contributed by atoms with Crippen LogP contribution in [0, 0.1) is 0 Å². The van der Waals surface area contributed by atoms with Crippen LogP contribution in [0.15, 0.2) is 35.3 Å². The molecule has 0 saturated carbocycles. The molecule has 1 aromatic carbocycles. The van der Waals surface area contributed by atoms with E-state index in [2.05, 4.69) is 22.5 Å². The van der Waals surface area contributed by atoms with Gasteiger partial charge in [0.1, 0.15) is 0 Å². The average Bonchev–Trinajstić information content (AvgIpc) is 1.99. The lowest BCUT2D eigenvalue weighted by atomic mass is 10.1. The molecule has 0 spiro atoms. The molecule has 0 amide bonds. The highest BCUT2D eigenvalue weighted by atomic mass is 79.9. The standard InChI is InChI=1S/C9H10BrN/c1-2-4-7-5-3-6-8(10)9(7)11/h2-3,5-6H,1,4,11H2. The largest absolute Gasteiger partial charge is 0.398 e. The molecule has 0 saturated heterocycles. The van der Waals surface area contributed by atoms with Crippen molar-refractivity contribution < 1.29 is 0 Å². The summed E-state index contributed by atoms with van der Waals surface area (Å²) in [4.78, 5) is 0. The Morgan fingerprint density at radius 2 is 2.27 bits per heavy atom. The minimum Gasteiger partial charge on any atom is -0.398 e. The Balaban J connectivity index is 3.05. The minimum atomic E-state index is 0.812. The number of hydrogen-bond acceptors (Lipinski definition) is 1. The predicted octanol–water partition coefficient (Wildman–Crippen LogP) is 2.76. The maximum atomic E-state index is 5.77. The summed E-state index contributed by atoms with van der Waals surface area (Å²) >= 11 is 3.36. The molecule has 0 aliphatic rings. The van der Waals surface area contributed by atoms with E-state index < -0.39 is 0 Å². The first kappa shape index (κ1) is 8.34. The second kappa shape index (κ2) is 3.58. The molecule has 0 aromatic heterocycles. The normalized spacial score (nSPS) is 9.55. The monoisotopic (exact) mass is 211 g/mol. The Bertz CT molecular complexity index is 268. The van der Waals surface area contributed by atoms with Crippen molar-refractivity contribution in [3.05, 3.63) is 40.9 Å². The highest BCUT2D eigenvalue weighted by Gasteiger charge is 1.98. The van der Waals surface area contributed by atoms with Gasteiger partial charge in [-0.15, -0.1) is 6.58 Å². The fourth-order valence-electron chi connectivity index (χ4n) is 0.915. The number of allylic oxidation sites excluding steroid dienone is 1. The van der Waals surface area contributed by atoms with Crippen LogP contribution in [0.3, 0.4) is 0 Å². The first-order chi connectivity index (χ1) is 5.25. The van der Waals surface area contributed by atoms with Gasteiger partial charge in [0.2, 0.25) is 0 Å². The van der Waals surface area contributed by atoms with Gasteiger partial charge in [-0.25, -0.2) is 0 Å². The number of nitrogen functional groups attached to an aromatic ring is 1. The van der Waals surface area contributed by atoms with Crippen molar-refractivity contribution in [2.75, 3.05) is 5.73 Å². The molecule has 0 atom stereocenters. The average molecular weight is 212 g/mol. The molecule has 1 aromatic rings. The van der Waals surface area contributed by atoms with E-state index in [-0.39, 0.29) is 0 Å². The van der Waals surface area contributed by atoms with Crippen LogP contribution in [0.2, 0.25) is 0 Å². The summed E-state index contributed by atoms with van der Waals surface area (Å²) in [7, 11) is 0. The number of hydrogen-bond donors (Lipinski definition) is 1. The molecule has 0 aliphatic carbocycles. The van der Waals surface area contributed by atoms with E-state index in [0.717, 1.165) is 22.1 Å². The highest BCUT2D eigenvalue weighted by molar-refractivity contribution is 9.10. The summed E-state index contributed by atoms with van der Waals surface area (Å²) < 4.78 is 0.955. The molecule has 2 heteroatoms. The Morgan fingerprint density at radius 3 is 2.91 bits per heavy atom. The van der Waals surface area contributed by atoms with Crippen molar-refractivity contribution >= 4 is 21.6 Å². The first-order valence-corrected chi connectivity index (χ1v) is 4.18. The third-order valence-electron chi connectivity index (χ3n) is 1.51. The number of anilines is 1. The smallest absolute Gasteiger partial charge is 0.0494 e. The van der Waals surface area contributed by atoms with E-state index in [9.17, 15) is 0 Å². The second-order valence-electron chi connectivity index (χ2n) is 2.31. The molecule has 0 bridgehead atoms. The Kier molecular flexibility index (Phi) is 2.71. The molecular weight excluding hydrogens is 202 g/mol. The molecule has 1 rings (SSSR count). The molecule has 0 fully saturated rings. The van der Waals surface area contributed by atoms with Gasteiger partial charge in [-0.2, -0.15) is 0 Å². The summed E-state index contributed by atoms with van der Waals surface area (Å²) in [5.74, 6) is 0. The van der Waals surface area contributed by atoms with Gasteiger partial charge in [-0.1, -0.05) is 18.2 Å². The van der Waals surface area contributed by atoms with Gasteiger partial charge >= 0.3 is 0 Å². The van der Waals surface area contributed by atoms with Crippen LogP contribution >= 0.6 is 15.9 Å². The van der Waals surface area contributed by atoms with E-state index >= 15 is 0 Å². The third-order valence-corrected chi connectivity index (χ3v) is 2.20. The lowest BCUT2D eigenvalue weighted by molar-refractivity contribution is 1.28. The molecular formula is C9H10BrN. The zero-order chi connectivity index (χ0) is 8.27. The summed E-state index contributed by atoms with van der Waals surface area (Å²) in [6.45, 7) is 3.66. The minimum absolute atomic E-state index is 0.812. The number of benzene rings is 1. The zero-order valence-corrected chi connectivity index (χ0v) is 7.76. The van der Waals surface area contributed by atoms with E-state index in [4.69, 9.17) is 5.73 Å². The van der Waals surface area contributed by atoms with Crippen molar-refractivity contribution in [1.82, 2.24) is 0 Å². The molecule has 0 heterocycles. The van der Waals surface area contributed by atoms with Gasteiger partial charge in [-0.3, -0.25) is 0 Å². The maximum Gasteiger partial charge on any atom is 0.0494 e. The number of halogens is 1. The summed E-state index contributed by atoms with van der Waals surface area (Å²) in [5.41, 5.74) is 7.71. The molecule has 0 unspecified atom stereocenters. The van der Waals surface area contributed by atoms with Gasteiger partial charge in [-0.05, 0) is 34.0 Å². The van der Waals surface area contributed by atoms with E-state index in [1.165, 1.54) is 0 Å². The predicted molar refractivity (Wildman–Crippen MR) is 52.5 cm³/mol. The van der Waals surface area contributed by atoms with Crippen molar-refractivity contribution in [1.29, 1.82) is 0 Å². The molecule has 0 aliphatic heterocycles. The van der Waals surface area contributed by atoms with E-state index in [1.54, 1.807) is 0 Å². The molecule has 0 radical (unpaired) electrons. The fraction of sp³-hybridized carbons (Fsp3) is 0.111. The van der Waals surface area contributed by atoms with Gasteiger partial charge in [0.05, 0.1) is 0 Å². The van der Waals surface area contributed by atoms with Crippen LogP contribution in [0.1, 0.15) is 5.56 Å². The number of nitrogens with two attached hydrogens (primary N) is 1. The molecule has 1 nitrogen and oxygen atoms in total. The Hall–Kier alpha value is -0.760. The molecule has 2 N–H and O–H groups in total. The summed E-state index contributed by atoms with van der Waals surface area (Å²) in [6, 6.07) is 5.91. The highest BCUT2D eigenvalue weighted by Crippen LogP contribution is 2.23. The SMILES string of the molecule is C=CCc1cccc(Br)c1N. The van der Waals surface area contributed by atoms with Crippen LogP contribution in [0.4, 0.5) is 5.69 Å². The summed E-state index contributed by atoms with van der Waals surface area (Å²) in [6.07, 6.45) is 2.67. The Labute approximate surface area is 75.0 Å². The van der Waals surface area contributed by atoms with Gasteiger partial charge < -0.3 is 5.73 Å². The topological polar surface area (TPSA) is 26.0 Å². The van der Waals surface area contributed by atoms with Crippen LogP contribution in [-0.2, 0) is 6.42 Å². The molecule has 11 heavy (non-hydrogen) atoms. The van der Waals surface area contributed by atoms with Crippen LogP contribution in [-0.4, -0.2) is 0 Å². The second-order valence-corrected chi connectivity index (χ2v) is 3.16. The maximum absolute atomic E-state index is 5.77. The van der Waals surface area contributed by atoms with Crippen molar-refractivity contribution in [3.63, 3.8) is 0 Å². The van der Waals surface area contributed by atoms with Crippen molar-refractivity contribution in [3.8, 4) is 0 Å². The number of para-hydroxylation sites is 1. The van der Waals surface area contributed by atoms with Crippen LogP contribution in [0.5, 0.6) is 0 Å². The van der Waals surface area contributed by atoms with E-state index in [1.807, 2.05) is 24.3 Å². The van der Waals surface area contributed by atoms with Gasteiger partial charge in [0.15, 0.2) is 0 Å². The van der Waals surface area contributed by atoms with Gasteiger partial charge in [0, 0.05) is 10.2 Å². The lowest BCUT2D eigenvalue weighted by Gasteiger charge is -2.03. The molecule has 58 valence electrons. The van der Waals surface area contributed by atoms with Crippen molar-refractivity contribution in [2.24, 2.45) is 0 Å². The zero-order valence-electron chi connectivity index (χ0n) is 6.18. The number of rotatable bonds is 2. The third kappa shape index (κ3) is 1.84. The van der Waals surface area contributed by atoms with Crippen molar-refractivity contribution in [2.45, 2.75) is 6.42 Å². The summed E-state index contributed by atoms with van der Waals surface area (Å²) in [5, 5.41) is 0. The van der Waals surface area contributed by atoms with Crippen LogP contribution in [0.25, 0.3) is 0 Å². The van der Waals surface area contributed by atoms with Crippen LogP contribution < -0.4 is 5.73 Å².